The van der Waals surface area contributed by atoms with Gasteiger partial charge in [0.05, 0.1) is 11.3 Å². The number of nitrogens with zero attached hydrogens (tertiary/aromatic N) is 2. The van der Waals surface area contributed by atoms with Crippen molar-refractivity contribution in [2.45, 2.75) is 5.16 Å². The molecule has 0 bridgehead atoms. The topological polar surface area (TPSA) is 82.5 Å². The molecule has 128 valence electrons. The molecular formula is C16H13N3O4S2. The highest BCUT2D eigenvalue weighted by Crippen LogP contribution is 2.34. The summed E-state index contributed by atoms with van der Waals surface area (Å²) in [6, 6.07) is 7.02. The summed E-state index contributed by atoms with van der Waals surface area (Å²) in [4.78, 5) is 28.9. The molecule has 1 N–H and O–H groups in total. The highest BCUT2D eigenvalue weighted by atomic mass is 32.2. The highest BCUT2D eigenvalue weighted by Gasteiger charge is 2.15. The zero-order valence-corrected chi connectivity index (χ0v) is 14.8. The number of thioether (sulfide) groups is 1. The Hall–Kier alpha value is -2.52. The third-order valence-electron chi connectivity index (χ3n) is 3.64. The van der Waals surface area contributed by atoms with Gasteiger partial charge in [0.25, 0.3) is 5.56 Å². The molecule has 0 unspecified atom stereocenters. The van der Waals surface area contributed by atoms with Crippen LogP contribution >= 0.6 is 23.1 Å². The molecule has 0 saturated carbocycles. The SMILES string of the molecule is Cn1c(SCC(=O)Nc2ccc3c(c2)OCO3)nc2ccsc2c1=O. The number of nitrogens with one attached hydrogen (secondary N) is 1. The quantitative estimate of drug-likeness (QED) is 0.557. The van der Waals surface area contributed by atoms with Crippen molar-refractivity contribution in [1.29, 1.82) is 0 Å². The first kappa shape index (κ1) is 16.0. The first-order valence-electron chi connectivity index (χ1n) is 7.38. The molecule has 1 amide bonds. The third kappa shape index (κ3) is 3.08. The highest BCUT2D eigenvalue weighted by molar-refractivity contribution is 7.99. The van der Waals surface area contributed by atoms with E-state index in [1.54, 1.807) is 31.3 Å². The molecule has 3 heterocycles. The second-order valence-electron chi connectivity index (χ2n) is 5.30. The normalized spacial score (nSPS) is 12.5. The van der Waals surface area contributed by atoms with Crippen LogP contribution in [0.15, 0.2) is 39.6 Å². The first-order valence-corrected chi connectivity index (χ1v) is 9.25. The van der Waals surface area contributed by atoms with Gasteiger partial charge >= 0.3 is 0 Å². The number of carbonyl (C=O) groups is 1. The molecule has 0 fully saturated rings. The Kier molecular flexibility index (Phi) is 4.10. The summed E-state index contributed by atoms with van der Waals surface area (Å²) in [7, 11) is 1.66. The number of amides is 1. The molecule has 4 rings (SSSR count). The minimum absolute atomic E-state index is 0.0984. The van der Waals surface area contributed by atoms with Crippen LogP contribution in [0.2, 0.25) is 0 Å². The number of anilines is 1. The number of hydrogen-bond acceptors (Lipinski definition) is 7. The second kappa shape index (κ2) is 6.41. The molecule has 0 radical (unpaired) electrons. The van der Waals surface area contributed by atoms with E-state index in [-0.39, 0.29) is 24.0 Å². The van der Waals surface area contributed by atoms with E-state index in [1.807, 2.05) is 5.38 Å². The van der Waals surface area contributed by atoms with Crippen LogP contribution < -0.4 is 20.3 Å². The standard InChI is InChI=1S/C16H13N3O4S2/c1-19-15(21)14-10(4-5-24-14)18-16(19)25-7-13(20)17-9-2-3-11-12(6-9)23-8-22-11/h2-6H,7-8H2,1H3,(H,17,20). The first-order chi connectivity index (χ1) is 12.1. The lowest BCUT2D eigenvalue weighted by Gasteiger charge is -2.08. The number of thiophene rings is 1. The van der Waals surface area contributed by atoms with Crippen molar-refractivity contribution >= 4 is 44.9 Å². The van der Waals surface area contributed by atoms with E-state index in [2.05, 4.69) is 10.3 Å². The molecule has 0 aliphatic carbocycles. The Morgan fingerprint density at radius 2 is 2.20 bits per heavy atom. The summed E-state index contributed by atoms with van der Waals surface area (Å²) < 4.78 is 12.6. The Bertz CT molecular complexity index is 1030. The minimum atomic E-state index is -0.191. The van der Waals surface area contributed by atoms with Gasteiger partial charge in [-0.1, -0.05) is 11.8 Å². The predicted octanol–water partition coefficient (Wildman–Crippen LogP) is 2.45. The molecule has 1 aliphatic rings. The van der Waals surface area contributed by atoms with Crippen LogP contribution in [0.3, 0.4) is 0 Å². The molecule has 1 aromatic carbocycles. The lowest BCUT2D eigenvalue weighted by atomic mass is 10.3. The number of rotatable bonds is 4. The minimum Gasteiger partial charge on any atom is -0.454 e. The van der Waals surface area contributed by atoms with Crippen LogP contribution in [-0.2, 0) is 11.8 Å². The predicted molar refractivity (Wildman–Crippen MR) is 96.8 cm³/mol. The molecular weight excluding hydrogens is 362 g/mol. The Labute approximate surface area is 150 Å². The maximum absolute atomic E-state index is 12.2. The lowest BCUT2D eigenvalue weighted by Crippen LogP contribution is -2.20. The molecule has 0 spiro atoms. The smallest absolute Gasteiger partial charge is 0.271 e. The monoisotopic (exact) mass is 375 g/mol. The van der Waals surface area contributed by atoms with Crippen LogP contribution in [-0.4, -0.2) is 28.0 Å². The van der Waals surface area contributed by atoms with Gasteiger partial charge in [0.2, 0.25) is 12.7 Å². The van der Waals surface area contributed by atoms with Crippen molar-refractivity contribution in [3.63, 3.8) is 0 Å². The number of fused-ring (bicyclic) bond motifs is 2. The largest absolute Gasteiger partial charge is 0.454 e. The number of ether oxygens (including phenoxy) is 2. The van der Waals surface area contributed by atoms with Gasteiger partial charge in [-0.3, -0.25) is 14.2 Å². The number of benzene rings is 1. The van der Waals surface area contributed by atoms with Crippen LogP contribution in [0.25, 0.3) is 10.2 Å². The summed E-state index contributed by atoms with van der Waals surface area (Å²) >= 11 is 2.59. The van der Waals surface area contributed by atoms with Gasteiger partial charge < -0.3 is 14.8 Å². The lowest BCUT2D eigenvalue weighted by molar-refractivity contribution is -0.113. The molecule has 1 aliphatic heterocycles. The van der Waals surface area contributed by atoms with Crippen molar-refractivity contribution in [2.24, 2.45) is 7.05 Å². The van der Waals surface area contributed by atoms with Gasteiger partial charge in [0, 0.05) is 18.8 Å². The Balaban J connectivity index is 1.45. The average Bonchev–Trinajstić information content (AvgIpc) is 3.25. The summed E-state index contributed by atoms with van der Waals surface area (Å²) in [6.07, 6.45) is 0. The molecule has 7 nitrogen and oxygen atoms in total. The van der Waals surface area contributed by atoms with Crippen molar-refractivity contribution in [3.05, 3.63) is 40.0 Å². The summed E-state index contributed by atoms with van der Waals surface area (Å²) in [5.41, 5.74) is 1.19. The zero-order chi connectivity index (χ0) is 17.4. The Morgan fingerprint density at radius 1 is 1.36 bits per heavy atom. The van der Waals surface area contributed by atoms with E-state index in [0.717, 1.165) is 0 Å². The zero-order valence-electron chi connectivity index (χ0n) is 13.1. The summed E-state index contributed by atoms with van der Waals surface area (Å²) in [5.74, 6) is 1.22. The van der Waals surface area contributed by atoms with Crippen molar-refractivity contribution in [3.8, 4) is 11.5 Å². The van der Waals surface area contributed by atoms with Gasteiger partial charge in [-0.15, -0.1) is 11.3 Å². The number of hydrogen-bond donors (Lipinski definition) is 1. The van der Waals surface area contributed by atoms with Gasteiger partial charge in [0.15, 0.2) is 16.7 Å². The van der Waals surface area contributed by atoms with Crippen LogP contribution in [0.1, 0.15) is 0 Å². The second-order valence-corrected chi connectivity index (χ2v) is 7.16. The van der Waals surface area contributed by atoms with E-state index >= 15 is 0 Å². The van der Waals surface area contributed by atoms with Gasteiger partial charge in [0.1, 0.15) is 4.70 Å². The van der Waals surface area contributed by atoms with E-state index in [9.17, 15) is 9.59 Å². The van der Waals surface area contributed by atoms with E-state index in [1.165, 1.54) is 27.7 Å². The van der Waals surface area contributed by atoms with E-state index < -0.39 is 0 Å². The van der Waals surface area contributed by atoms with E-state index in [0.29, 0.717) is 32.6 Å². The summed E-state index contributed by atoms with van der Waals surface area (Å²) in [6.45, 7) is 0.188. The Morgan fingerprint density at radius 3 is 3.08 bits per heavy atom. The molecule has 2 aromatic heterocycles. The fraction of sp³-hybridized carbons (Fsp3) is 0.188. The van der Waals surface area contributed by atoms with Gasteiger partial charge in [-0.05, 0) is 23.6 Å². The maximum Gasteiger partial charge on any atom is 0.271 e. The molecule has 25 heavy (non-hydrogen) atoms. The van der Waals surface area contributed by atoms with Crippen molar-refractivity contribution in [2.75, 3.05) is 17.9 Å². The fourth-order valence-corrected chi connectivity index (χ4v) is 3.98. The fourth-order valence-electron chi connectivity index (χ4n) is 2.40. The number of carbonyl (C=O) groups excluding carboxylic acids is 1. The van der Waals surface area contributed by atoms with Gasteiger partial charge in [-0.2, -0.15) is 0 Å². The van der Waals surface area contributed by atoms with E-state index in [4.69, 9.17) is 9.47 Å². The third-order valence-corrected chi connectivity index (χ3v) is 5.56. The maximum atomic E-state index is 12.2. The van der Waals surface area contributed by atoms with Crippen molar-refractivity contribution < 1.29 is 14.3 Å². The molecule has 0 atom stereocenters. The molecule has 3 aromatic rings. The van der Waals surface area contributed by atoms with Crippen molar-refractivity contribution in [1.82, 2.24) is 9.55 Å². The number of aromatic nitrogens is 2. The average molecular weight is 375 g/mol. The summed E-state index contributed by atoms with van der Waals surface area (Å²) in [5, 5.41) is 5.14. The van der Waals surface area contributed by atoms with Crippen LogP contribution in [0.4, 0.5) is 5.69 Å². The van der Waals surface area contributed by atoms with Crippen LogP contribution in [0.5, 0.6) is 11.5 Å². The van der Waals surface area contributed by atoms with Crippen LogP contribution in [0, 0.1) is 0 Å². The molecule has 0 saturated heterocycles. The molecule has 9 heteroatoms. The van der Waals surface area contributed by atoms with Gasteiger partial charge in [-0.25, -0.2) is 4.98 Å².